The Labute approximate surface area is 169 Å². The van der Waals surface area contributed by atoms with Crippen molar-refractivity contribution < 1.29 is 14.3 Å². The Morgan fingerprint density at radius 1 is 1.00 bits per heavy atom. The first-order chi connectivity index (χ1) is 13.5. The van der Waals surface area contributed by atoms with E-state index in [1.807, 2.05) is 55.5 Å². The number of nitrogens with zero attached hydrogens (tertiary/aromatic N) is 2. The van der Waals surface area contributed by atoms with Gasteiger partial charge in [0.1, 0.15) is 11.3 Å². The first-order valence-electron chi connectivity index (χ1n) is 8.96. The highest BCUT2D eigenvalue weighted by Gasteiger charge is 2.21. The standard InChI is InChI=1S/C22H22N2O3S/c1-5-27-21(25)19-15(3)23-22(28-18-12-6-14(2)7-13-18)24-20(19)16-8-10-17(26-4)11-9-16/h6-13H,5H2,1-4H3. The van der Waals surface area contributed by atoms with Crippen LogP contribution >= 0.6 is 11.8 Å². The molecule has 2 aromatic carbocycles. The molecule has 28 heavy (non-hydrogen) atoms. The molecule has 3 rings (SSSR count). The number of hydrogen-bond acceptors (Lipinski definition) is 6. The van der Waals surface area contributed by atoms with Gasteiger partial charge in [0, 0.05) is 10.5 Å². The van der Waals surface area contributed by atoms with Crippen LogP contribution in [-0.4, -0.2) is 29.7 Å². The van der Waals surface area contributed by atoms with Crippen LogP contribution in [0.2, 0.25) is 0 Å². The largest absolute Gasteiger partial charge is 0.497 e. The molecule has 1 aromatic heterocycles. The highest BCUT2D eigenvalue weighted by Crippen LogP contribution is 2.31. The van der Waals surface area contributed by atoms with Crippen molar-refractivity contribution in [2.24, 2.45) is 0 Å². The molecule has 0 N–H and O–H groups in total. The number of aryl methyl sites for hydroxylation is 2. The average Bonchev–Trinajstić information content (AvgIpc) is 2.69. The summed E-state index contributed by atoms with van der Waals surface area (Å²) in [7, 11) is 1.62. The van der Waals surface area contributed by atoms with Gasteiger partial charge >= 0.3 is 5.97 Å². The number of aromatic nitrogens is 2. The predicted octanol–water partition coefficient (Wildman–Crippen LogP) is 5.10. The molecular weight excluding hydrogens is 372 g/mol. The van der Waals surface area contributed by atoms with Crippen LogP contribution in [0.3, 0.4) is 0 Å². The summed E-state index contributed by atoms with van der Waals surface area (Å²) < 4.78 is 10.5. The molecule has 5 nitrogen and oxygen atoms in total. The van der Waals surface area contributed by atoms with Crippen LogP contribution in [-0.2, 0) is 4.74 Å². The van der Waals surface area contributed by atoms with E-state index in [4.69, 9.17) is 14.5 Å². The maximum Gasteiger partial charge on any atom is 0.342 e. The van der Waals surface area contributed by atoms with Crippen molar-refractivity contribution in [2.75, 3.05) is 13.7 Å². The van der Waals surface area contributed by atoms with E-state index in [1.54, 1.807) is 21.0 Å². The fraction of sp³-hybridized carbons (Fsp3) is 0.227. The third-order valence-electron chi connectivity index (χ3n) is 4.14. The normalized spacial score (nSPS) is 10.6. The van der Waals surface area contributed by atoms with Gasteiger partial charge in [-0.15, -0.1) is 0 Å². The maximum atomic E-state index is 12.6. The summed E-state index contributed by atoms with van der Waals surface area (Å²) in [6.07, 6.45) is 0. The lowest BCUT2D eigenvalue weighted by Gasteiger charge is -2.13. The minimum absolute atomic E-state index is 0.292. The third kappa shape index (κ3) is 4.51. The molecule has 0 saturated heterocycles. The summed E-state index contributed by atoms with van der Waals surface area (Å²) in [6, 6.07) is 15.6. The molecule has 1 heterocycles. The van der Waals surface area contributed by atoms with Crippen LogP contribution in [0.25, 0.3) is 11.3 Å². The minimum Gasteiger partial charge on any atom is -0.497 e. The topological polar surface area (TPSA) is 61.3 Å². The molecule has 0 aliphatic carbocycles. The smallest absolute Gasteiger partial charge is 0.342 e. The van der Waals surface area contributed by atoms with Gasteiger partial charge in [0.05, 0.1) is 25.1 Å². The van der Waals surface area contributed by atoms with Crippen molar-refractivity contribution in [1.82, 2.24) is 9.97 Å². The number of carbonyl (C=O) groups is 1. The molecule has 0 aliphatic rings. The lowest BCUT2D eigenvalue weighted by molar-refractivity contribution is 0.0525. The molecule has 0 radical (unpaired) electrons. The third-order valence-corrected chi connectivity index (χ3v) is 5.02. The molecule has 0 saturated carbocycles. The van der Waals surface area contributed by atoms with Crippen LogP contribution < -0.4 is 4.74 Å². The van der Waals surface area contributed by atoms with Gasteiger partial charge in [0.2, 0.25) is 0 Å². The second-order valence-electron chi connectivity index (χ2n) is 6.18. The van der Waals surface area contributed by atoms with E-state index in [0.29, 0.717) is 28.7 Å². The summed E-state index contributed by atoms with van der Waals surface area (Å²) in [5.41, 5.74) is 3.54. The fourth-order valence-electron chi connectivity index (χ4n) is 2.71. The van der Waals surface area contributed by atoms with Crippen LogP contribution in [0.4, 0.5) is 0 Å². The zero-order valence-electron chi connectivity index (χ0n) is 16.4. The van der Waals surface area contributed by atoms with E-state index in [9.17, 15) is 4.79 Å². The summed E-state index contributed by atoms with van der Waals surface area (Å²) in [5, 5.41) is 0.584. The Balaban J connectivity index is 2.07. The van der Waals surface area contributed by atoms with Crippen molar-refractivity contribution in [3.05, 3.63) is 65.4 Å². The second kappa shape index (κ2) is 8.89. The molecule has 144 valence electrons. The van der Waals surface area contributed by atoms with Crippen LogP contribution in [0, 0.1) is 13.8 Å². The molecule has 6 heteroatoms. The Morgan fingerprint density at radius 2 is 1.68 bits per heavy atom. The first-order valence-corrected chi connectivity index (χ1v) is 9.78. The Morgan fingerprint density at radius 3 is 2.29 bits per heavy atom. The summed E-state index contributed by atoms with van der Waals surface area (Å²) in [4.78, 5) is 22.8. The minimum atomic E-state index is -0.419. The molecule has 0 unspecified atom stereocenters. The number of rotatable bonds is 6. The van der Waals surface area contributed by atoms with Gasteiger partial charge in [0.25, 0.3) is 0 Å². The second-order valence-corrected chi connectivity index (χ2v) is 7.22. The molecule has 0 fully saturated rings. The van der Waals surface area contributed by atoms with Gasteiger partial charge in [-0.25, -0.2) is 14.8 Å². The van der Waals surface area contributed by atoms with E-state index < -0.39 is 5.97 Å². The molecular formula is C22H22N2O3S. The predicted molar refractivity (Wildman–Crippen MR) is 110 cm³/mol. The summed E-state index contributed by atoms with van der Waals surface area (Å²) in [5.74, 6) is 0.319. The van der Waals surface area contributed by atoms with E-state index in [-0.39, 0.29) is 0 Å². The van der Waals surface area contributed by atoms with Gasteiger partial charge < -0.3 is 9.47 Å². The number of carbonyl (C=O) groups excluding carboxylic acids is 1. The van der Waals surface area contributed by atoms with Crippen molar-refractivity contribution in [1.29, 1.82) is 0 Å². The Bertz CT molecular complexity index is 970. The number of methoxy groups -OCH3 is 1. The highest BCUT2D eigenvalue weighted by molar-refractivity contribution is 7.99. The van der Waals surface area contributed by atoms with Crippen LogP contribution in [0.15, 0.2) is 58.6 Å². The lowest BCUT2D eigenvalue weighted by Crippen LogP contribution is -2.12. The fourth-order valence-corrected chi connectivity index (χ4v) is 3.51. The number of esters is 1. The van der Waals surface area contributed by atoms with Gasteiger partial charge in [-0.1, -0.05) is 17.7 Å². The van der Waals surface area contributed by atoms with E-state index in [1.165, 1.54) is 17.3 Å². The van der Waals surface area contributed by atoms with Crippen LogP contribution in [0.5, 0.6) is 5.75 Å². The molecule has 0 amide bonds. The van der Waals surface area contributed by atoms with Crippen molar-refractivity contribution >= 4 is 17.7 Å². The summed E-state index contributed by atoms with van der Waals surface area (Å²) >= 11 is 1.46. The quantitative estimate of drug-likeness (QED) is 0.428. The monoisotopic (exact) mass is 394 g/mol. The number of hydrogen-bond donors (Lipinski definition) is 0. The molecule has 0 spiro atoms. The highest BCUT2D eigenvalue weighted by atomic mass is 32.2. The van der Waals surface area contributed by atoms with E-state index in [2.05, 4.69) is 4.98 Å². The van der Waals surface area contributed by atoms with Crippen molar-refractivity contribution in [2.45, 2.75) is 30.8 Å². The first kappa shape index (κ1) is 19.9. The van der Waals surface area contributed by atoms with E-state index >= 15 is 0 Å². The molecule has 0 aliphatic heterocycles. The summed E-state index contributed by atoms with van der Waals surface area (Å²) in [6.45, 7) is 5.92. The van der Waals surface area contributed by atoms with Gasteiger partial charge in [0.15, 0.2) is 5.16 Å². The van der Waals surface area contributed by atoms with Gasteiger partial charge in [-0.05, 0) is 68.9 Å². The Hall–Kier alpha value is -2.86. The molecule has 0 atom stereocenters. The zero-order chi connectivity index (χ0) is 20.1. The van der Waals surface area contributed by atoms with Crippen LogP contribution in [0.1, 0.15) is 28.5 Å². The molecule has 3 aromatic rings. The number of ether oxygens (including phenoxy) is 2. The molecule has 0 bridgehead atoms. The SMILES string of the molecule is CCOC(=O)c1c(C)nc(Sc2ccc(C)cc2)nc1-c1ccc(OC)cc1. The lowest BCUT2D eigenvalue weighted by atomic mass is 10.0. The maximum absolute atomic E-state index is 12.6. The van der Waals surface area contributed by atoms with Crippen molar-refractivity contribution in [3.8, 4) is 17.0 Å². The Kier molecular flexibility index (Phi) is 6.31. The number of benzene rings is 2. The van der Waals surface area contributed by atoms with Gasteiger partial charge in [-0.2, -0.15) is 0 Å². The zero-order valence-corrected chi connectivity index (χ0v) is 17.2. The average molecular weight is 394 g/mol. The van der Waals surface area contributed by atoms with Gasteiger partial charge in [-0.3, -0.25) is 0 Å². The van der Waals surface area contributed by atoms with E-state index in [0.717, 1.165) is 16.2 Å². The van der Waals surface area contributed by atoms with Crippen molar-refractivity contribution in [3.63, 3.8) is 0 Å².